The van der Waals surface area contributed by atoms with Crippen LogP contribution in [-0.2, 0) is 6.42 Å². The van der Waals surface area contributed by atoms with Gasteiger partial charge in [-0.2, -0.15) is 0 Å². The van der Waals surface area contributed by atoms with Crippen molar-refractivity contribution in [3.05, 3.63) is 35.6 Å². The molecular formula is C11H14FI. The topological polar surface area (TPSA) is 0 Å². The van der Waals surface area contributed by atoms with E-state index in [1.807, 2.05) is 12.1 Å². The Labute approximate surface area is 92.7 Å². The van der Waals surface area contributed by atoms with Gasteiger partial charge in [0.15, 0.2) is 0 Å². The maximum atomic E-state index is 13.3. The van der Waals surface area contributed by atoms with Gasteiger partial charge < -0.3 is 0 Å². The minimum Gasteiger partial charge on any atom is -0.207 e. The second-order valence-electron chi connectivity index (χ2n) is 4.07. The van der Waals surface area contributed by atoms with Crippen molar-refractivity contribution >= 4 is 22.6 Å². The van der Waals surface area contributed by atoms with E-state index in [1.165, 1.54) is 6.07 Å². The molecule has 0 aromatic heterocycles. The van der Waals surface area contributed by atoms with Crippen LogP contribution in [0.15, 0.2) is 24.3 Å². The molecule has 0 aliphatic rings. The number of hydrogen-bond donors (Lipinski definition) is 0. The van der Waals surface area contributed by atoms with E-state index in [0.717, 1.165) is 16.4 Å². The SMILES string of the molecule is CC(C)(CI)Cc1ccccc1F. The number of rotatable bonds is 3. The number of hydrogen-bond acceptors (Lipinski definition) is 0. The van der Waals surface area contributed by atoms with Crippen LogP contribution >= 0.6 is 22.6 Å². The highest BCUT2D eigenvalue weighted by Gasteiger charge is 2.18. The third kappa shape index (κ3) is 3.25. The predicted molar refractivity (Wildman–Crippen MR) is 62.8 cm³/mol. The molecule has 0 fully saturated rings. The lowest BCUT2D eigenvalue weighted by Gasteiger charge is -2.21. The molecule has 0 N–H and O–H groups in total. The molecule has 0 saturated heterocycles. The summed E-state index contributed by atoms with van der Waals surface area (Å²) < 4.78 is 14.3. The van der Waals surface area contributed by atoms with Gasteiger partial charge in [0.25, 0.3) is 0 Å². The van der Waals surface area contributed by atoms with E-state index in [2.05, 4.69) is 36.4 Å². The van der Waals surface area contributed by atoms with E-state index in [1.54, 1.807) is 6.07 Å². The maximum Gasteiger partial charge on any atom is 0.126 e. The Hall–Kier alpha value is -0.120. The first-order valence-electron chi connectivity index (χ1n) is 4.34. The minimum absolute atomic E-state index is 0.0829. The Balaban J connectivity index is 2.80. The lowest BCUT2D eigenvalue weighted by atomic mass is 9.88. The number of benzene rings is 1. The average molecular weight is 292 g/mol. The monoisotopic (exact) mass is 292 g/mol. The molecule has 2 heteroatoms. The quantitative estimate of drug-likeness (QED) is 0.586. The third-order valence-corrected chi connectivity index (χ3v) is 4.05. The van der Waals surface area contributed by atoms with Crippen molar-refractivity contribution in [3.63, 3.8) is 0 Å². The summed E-state index contributed by atoms with van der Waals surface area (Å²) in [6, 6.07) is 7.01. The van der Waals surface area contributed by atoms with E-state index in [9.17, 15) is 4.39 Å². The van der Waals surface area contributed by atoms with Crippen LogP contribution in [-0.4, -0.2) is 4.43 Å². The third-order valence-electron chi connectivity index (χ3n) is 1.99. The second kappa shape index (κ2) is 4.40. The Morgan fingerprint density at radius 3 is 2.46 bits per heavy atom. The van der Waals surface area contributed by atoms with Crippen LogP contribution in [0.2, 0.25) is 0 Å². The first kappa shape index (κ1) is 11.0. The van der Waals surface area contributed by atoms with Crippen LogP contribution in [0.5, 0.6) is 0 Å². The van der Waals surface area contributed by atoms with Crippen LogP contribution in [0.25, 0.3) is 0 Å². The summed E-state index contributed by atoms with van der Waals surface area (Å²) in [6.45, 7) is 4.32. The summed E-state index contributed by atoms with van der Waals surface area (Å²) in [6.07, 6.45) is 0.808. The molecule has 0 spiro atoms. The second-order valence-corrected chi connectivity index (χ2v) is 4.83. The average Bonchev–Trinajstić information content (AvgIpc) is 2.09. The fourth-order valence-electron chi connectivity index (χ4n) is 1.20. The van der Waals surface area contributed by atoms with Crippen LogP contribution in [0, 0.1) is 11.2 Å². The fourth-order valence-corrected chi connectivity index (χ4v) is 1.47. The van der Waals surface area contributed by atoms with Crippen LogP contribution in [0.3, 0.4) is 0 Å². The van der Waals surface area contributed by atoms with E-state index in [-0.39, 0.29) is 11.2 Å². The summed E-state index contributed by atoms with van der Waals surface area (Å²) in [5.41, 5.74) is 1.01. The van der Waals surface area contributed by atoms with Crippen molar-refractivity contribution in [2.45, 2.75) is 20.3 Å². The molecule has 0 nitrogen and oxygen atoms in total. The van der Waals surface area contributed by atoms with Crippen LogP contribution < -0.4 is 0 Å². The highest BCUT2D eigenvalue weighted by molar-refractivity contribution is 14.1. The first-order chi connectivity index (χ1) is 6.05. The van der Waals surface area contributed by atoms with Crippen molar-refractivity contribution in [2.24, 2.45) is 5.41 Å². The van der Waals surface area contributed by atoms with Gasteiger partial charge >= 0.3 is 0 Å². The highest BCUT2D eigenvalue weighted by atomic mass is 127. The molecule has 13 heavy (non-hydrogen) atoms. The zero-order valence-electron chi connectivity index (χ0n) is 7.98. The van der Waals surface area contributed by atoms with E-state index in [4.69, 9.17) is 0 Å². The van der Waals surface area contributed by atoms with Gasteiger partial charge in [-0.1, -0.05) is 54.6 Å². The predicted octanol–water partition coefficient (Wildman–Crippen LogP) is 3.83. The molecule has 1 aromatic rings. The first-order valence-corrected chi connectivity index (χ1v) is 5.87. The molecular weight excluding hydrogens is 278 g/mol. The Bertz CT molecular complexity index is 281. The van der Waals surface area contributed by atoms with Crippen LogP contribution in [0.4, 0.5) is 4.39 Å². The molecule has 0 radical (unpaired) electrons. The summed E-state index contributed by atoms with van der Waals surface area (Å²) in [5, 5.41) is 0. The van der Waals surface area contributed by atoms with Gasteiger partial charge in [0, 0.05) is 4.43 Å². The largest absolute Gasteiger partial charge is 0.207 e. The Morgan fingerprint density at radius 2 is 1.92 bits per heavy atom. The lowest BCUT2D eigenvalue weighted by Crippen LogP contribution is -2.17. The van der Waals surface area contributed by atoms with Gasteiger partial charge in [-0.3, -0.25) is 0 Å². The molecule has 72 valence electrons. The molecule has 0 atom stereocenters. The molecule has 0 saturated carbocycles. The Morgan fingerprint density at radius 1 is 1.31 bits per heavy atom. The Kier molecular flexibility index (Phi) is 3.71. The molecule has 1 aromatic carbocycles. The van der Waals surface area contributed by atoms with Gasteiger partial charge in [-0.05, 0) is 23.5 Å². The maximum absolute atomic E-state index is 13.3. The summed E-state index contributed by atoms with van der Waals surface area (Å²) in [5.74, 6) is -0.0829. The molecule has 0 amide bonds. The lowest BCUT2D eigenvalue weighted by molar-refractivity contribution is 0.419. The summed E-state index contributed by atoms with van der Waals surface area (Å²) >= 11 is 2.35. The highest BCUT2D eigenvalue weighted by Crippen LogP contribution is 2.25. The molecule has 0 heterocycles. The summed E-state index contributed by atoms with van der Waals surface area (Å²) in [7, 11) is 0. The van der Waals surface area contributed by atoms with E-state index >= 15 is 0 Å². The fraction of sp³-hybridized carbons (Fsp3) is 0.455. The smallest absolute Gasteiger partial charge is 0.126 e. The summed E-state index contributed by atoms with van der Waals surface area (Å²) in [4.78, 5) is 0. The van der Waals surface area contributed by atoms with Gasteiger partial charge in [-0.15, -0.1) is 0 Å². The normalized spacial score (nSPS) is 11.7. The van der Waals surface area contributed by atoms with Gasteiger partial charge in [-0.25, -0.2) is 4.39 Å². The molecule has 0 bridgehead atoms. The molecule has 0 aliphatic heterocycles. The molecule has 1 rings (SSSR count). The van der Waals surface area contributed by atoms with Crippen molar-refractivity contribution in [3.8, 4) is 0 Å². The van der Waals surface area contributed by atoms with Crippen molar-refractivity contribution in [1.82, 2.24) is 0 Å². The van der Waals surface area contributed by atoms with Gasteiger partial charge in [0.05, 0.1) is 0 Å². The van der Waals surface area contributed by atoms with Crippen molar-refractivity contribution in [1.29, 1.82) is 0 Å². The molecule has 0 unspecified atom stereocenters. The van der Waals surface area contributed by atoms with Gasteiger partial charge in [0.1, 0.15) is 5.82 Å². The van der Waals surface area contributed by atoms with Crippen LogP contribution in [0.1, 0.15) is 19.4 Å². The minimum atomic E-state index is -0.0829. The zero-order valence-corrected chi connectivity index (χ0v) is 10.1. The van der Waals surface area contributed by atoms with E-state index < -0.39 is 0 Å². The van der Waals surface area contributed by atoms with Crippen molar-refractivity contribution in [2.75, 3.05) is 4.43 Å². The van der Waals surface area contributed by atoms with E-state index in [0.29, 0.717) is 0 Å². The van der Waals surface area contributed by atoms with Crippen molar-refractivity contribution < 1.29 is 4.39 Å². The number of halogens is 2. The number of alkyl halides is 1. The zero-order chi connectivity index (χ0) is 9.90. The van der Waals surface area contributed by atoms with Gasteiger partial charge in [0.2, 0.25) is 0 Å². The molecule has 0 aliphatic carbocycles. The standard InChI is InChI=1S/C11H14FI/c1-11(2,8-13)7-9-5-3-4-6-10(9)12/h3-6H,7-8H2,1-2H3.